The van der Waals surface area contributed by atoms with Gasteiger partial charge in [0.05, 0.1) is 11.8 Å². The minimum Gasteiger partial charge on any atom is -0.611 e. The average Bonchev–Trinajstić information content (AvgIpc) is 2.82. The molecule has 108 valence electrons. The number of rotatable bonds is 3. The summed E-state index contributed by atoms with van der Waals surface area (Å²) in [6, 6.07) is 0.894. The number of hydrogen-bond acceptors (Lipinski definition) is 3. The second-order valence-corrected chi connectivity index (χ2v) is 5.77. The number of alkyl halides is 3. The van der Waals surface area contributed by atoms with Gasteiger partial charge in [0.2, 0.25) is 0 Å². The quantitative estimate of drug-likeness (QED) is 0.819. The maximum absolute atomic E-state index is 12.8. The van der Waals surface area contributed by atoms with Gasteiger partial charge >= 0.3 is 6.18 Å². The number of nitrogens with zero attached hydrogens (tertiary/aromatic N) is 3. The molecule has 20 heavy (non-hydrogen) atoms. The third kappa shape index (κ3) is 2.80. The largest absolute Gasteiger partial charge is 0.611 e. The van der Waals surface area contributed by atoms with Crippen LogP contribution in [0.5, 0.6) is 0 Å². The van der Waals surface area contributed by atoms with E-state index in [1.54, 1.807) is 24.7 Å². The van der Waals surface area contributed by atoms with Gasteiger partial charge in [-0.25, -0.2) is 9.97 Å². The van der Waals surface area contributed by atoms with E-state index in [0.29, 0.717) is 11.6 Å². The lowest BCUT2D eigenvalue weighted by Gasteiger charge is -2.14. The summed E-state index contributed by atoms with van der Waals surface area (Å²) >= 11 is -1.41. The van der Waals surface area contributed by atoms with Crippen molar-refractivity contribution in [3.05, 3.63) is 30.4 Å². The third-order valence-corrected chi connectivity index (χ3v) is 4.07. The van der Waals surface area contributed by atoms with Gasteiger partial charge in [-0.15, -0.1) is 0 Å². The van der Waals surface area contributed by atoms with Crippen LogP contribution >= 0.6 is 0 Å². The highest BCUT2D eigenvalue weighted by Crippen LogP contribution is 2.33. The van der Waals surface area contributed by atoms with Gasteiger partial charge in [0.25, 0.3) is 0 Å². The maximum Gasteiger partial charge on any atom is 0.433 e. The van der Waals surface area contributed by atoms with Crippen LogP contribution in [0.2, 0.25) is 0 Å². The van der Waals surface area contributed by atoms with Crippen molar-refractivity contribution in [1.29, 1.82) is 0 Å². The molecule has 0 bridgehead atoms. The summed E-state index contributed by atoms with van der Waals surface area (Å²) in [5.41, 5.74) is -0.827. The molecule has 1 unspecified atom stereocenters. The molecule has 0 aliphatic carbocycles. The van der Waals surface area contributed by atoms with E-state index in [4.69, 9.17) is 0 Å². The first kappa shape index (κ1) is 14.9. The molecule has 4 nitrogen and oxygen atoms in total. The van der Waals surface area contributed by atoms with Crippen LogP contribution in [0.1, 0.15) is 12.6 Å². The van der Waals surface area contributed by atoms with Crippen LogP contribution in [-0.4, -0.2) is 24.8 Å². The summed E-state index contributed by atoms with van der Waals surface area (Å²) in [6.07, 6.45) is -0.443. The molecule has 0 spiro atoms. The van der Waals surface area contributed by atoms with E-state index in [1.165, 1.54) is 6.20 Å². The number of halogens is 3. The van der Waals surface area contributed by atoms with Gasteiger partial charge in [-0.3, -0.25) is 0 Å². The zero-order chi connectivity index (χ0) is 14.9. The highest BCUT2D eigenvalue weighted by molar-refractivity contribution is 7.91. The Hall–Kier alpha value is -1.54. The van der Waals surface area contributed by atoms with Gasteiger partial charge in [-0.1, -0.05) is 0 Å². The zero-order valence-electron chi connectivity index (χ0n) is 10.8. The smallest absolute Gasteiger partial charge is 0.433 e. The van der Waals surface area contributed by atoms with Crippen molar-refractivity contribution in [1.82, 2.24) is 14.5 Å². The molecular weight excluding hydrogens is 291 g/mol. The Morgan fingerprint density at radius 2 is 2.05 bits per heavy atom. The Morgan fingerprint density at radius 3 is 2.55 bits per heavy atom. The Labute approximate surface area is 116 Å². The van der Waals surface area contributed by atoms with Crippen LogP contribution < -0.4 is 0 Å². The summed E-state index contributed by atoms with van der Waals surface area (Å²) in [5.74, 6) is 0.625. The van der Waals surface area contributed by atoms with Crippen LogP contribution in [0.25, 0.3) is 11.4 Å². The van der Waals surface area contributed by atoms with Gasteiger partial charge in [-0.05, 0) is 24.2 Å². The molecular formula is C12H12F3N3OS. The van der Waals surface area contributed by atoms with E-state index >= 15 is 0 Å². The van der Waals surface area contributed by atoms with E-state index in [-0.39, 0.29) is 10.5 Å². The predicted octanol–water partition coefficient (Wildman–Crippen LogP) is 2.63. The topological polar surface area (TPSA) is 53.8 Å². The molecule has 1 atom stereocenters. The predicted molar refractivity (Wildman–Crippen MR) is 68.4 cm³/mol. The van der Waals surface area contributed by atoms with Crippen LogP contribution in [0.15, 0.2) is 29.6 Å². The lowest BCUT2D eigenvalue weighted by atomic mass is 10.2. The second kappa shape index (κ2) is 5.45. The molecule has 2 aromatic heterocycles. The van der Waals surface area contributed by atoms with Crippen LogP contribution in [-0.2, 0) is 24.4 Å². The van der Waals surface area contributed by atoms with Gasteiger partial charge in [-0.2, -0.15) is 13.2 Å². The highest BCUT2D eigenvalue weighted by atomic mass is 32.2. The first-order valence-electron chi connectivity index (χ1n) is 5.78. The highest BCUT2D eigenvalue weighted by Gasteiger charge is 2.34. The van der Waals surface area contributed by atoms with Gasteiger partial charge in [0.1, 0.15) is 17.3 Å². The lowest BCUT2D eigenvalue weighted by Crippen LogP contribution is -2.13. The zero-order valence-corrected chi connectivity index (χ0v) is 11.6. The second-order valence-electron chi connectivity index (χ2n) is 4.06. The van der Waals surface area contributed by atoms with E-state index < -0.39 is 23.0 Å². The standard InChI is InChI=1S/C12H12F3N3OS/c1-3-20(19)9-7-17-10(12(13,14)15)6-8(9)11-16-4-5-18(11)2/h4-7H,3H2,1-2H3. The summed E-state index contributed by atoms with van der Waals surface area (Å²) < 4.78 is 51.8. The Bertz CT molecular complexity index is 612. The monoisotopic (exact) mass is 303 g/mol. The van der Waals surface area contributed by atoms with Crippen molar-refractivity contribution >= 4 is 11.2 Å². The van der Waals surface area contributed by atoms with E-state index in [1.807, 2.05) is 0 Å². The van der Waals surface area contributed by atoms with Crippen molar-refractivity contribution in [2.75, 3.05) is 5.75 Å². The number of imidazole rings is 1. The fraction of sp³-hybridized carbons (Fsp3) is 0.333. The number of aryl methyl sites for hydroxylation is 1. The van der Waals surface area contributed by atoms with E-state index in [0.717, 1.165) is 12.3 Å². The van der Waals surface area contributed by atoms with Crippen molar-refractivity contribution in [2.24, 2.45) is 7.05 Å². The molecule has 0 saturated carbocycles. The summed E-state index contributed by atoms with van der Waals surface area (Å²) in [7, 11) is 1.66. The SMILES string of the molecule is CC[S+]([O-])c1cnc(C(F)(F)F)cc1-c1nccn1C. The number of hydrogen-bond donors (Lipinski definition) is 0. The van der Waals surface area contributed by atoms with Gasteiger partial charge < -0.3 is 9.12 Å². The Balaban J connectivity index is 2.63. The number of aromatic nitrogens is 3. The molecule has 2 rings (SSSR count). The molecule has 0 aromatic carbocycles. The van der Waals surface area contributed by atoms with Crippen molar-refractivity contribution < 1.29 is 17.7 Å². The summed E-state index contributed by atoms with van der Waals surface area (Å²) in [5, 5.41) is 0. The normalized spacial score (nSPS) is 13.5. The molecule has 0 fully saturated rings. The van der Waals surface area contributed by atoms with E-state index in [9.17, 15) is 17.7 Å². The minimum atomic E-state index is -4.55. The van der Waals surface area contributed by atoms with Gasteiger partial charge in [0, 0.05) is 19.4 Å². The molecule has 0 N–H and O–H groups in total. The number of pyridine rings is 1. The molecule has 0 aliphatic rings. The van der Waals surface area contributed by atoms with Gasteiger partial charge in [0.15, 0.2) is 4.90 Å². The lowest BCUT2D eigenvalue weighted by molar-refractivity contribution is -0.141. The molecule has 0 radical (unpaired) electrons. The first-order valence-corrected chi connectivity index (χ1v) is 7.09. The molecule has 2 aromatic rings. The first-order chi connectivity index (χ1) is 9.34. The third-order valence-electron chi connectivity index (χ3n) is 2.73. The molecule has 0 saturated heterocycles. The molecule has 2 heterocycles. The van der Waals surface area contributed by atoms with Crippen molar-refractivity contribution in [3.63, 3.8) is 0 Å². The van der Waals surface area contributed by atoms with Crippen LogP contribution in [0, 0.1) is 0 Å². The minimum absolute atomic E-state index is 0.194. The maximum atomic E-state index is 12.8. The molecule has 8 heteroatoms. The molecule has 0 amide bonds. The summed E-state index contributed by atoms with van der Waals surface area (Å²) in [6.45, 7) is 1.69. The van der Waals surface area contributed by atoms with Crippen LogP contribution in [0.4, 0.5) is 13.2 Å². The van der Waals surface area contributed by atoms with Crippen molar-refractivity contribution in [2.45, 2.75) is 18.0 Å². The van der Waals surface area contributed by atoms with E-state index in [2.05, 4.69) is 9.97 Å². The Kier molecular flexibility index (Phi) is 4.05. The van der Waals surface area contributed by atoms with Crippen molar-refractivity contribution in [3.8, 4) is 11.4 Å². The van der Waals surface area contributed by atoms with Crippen LogP contribution in [0.3, 0.4) is 0 Å². The fourth-order valence-electron chi connectivity index (χ4n) is 1.73. The fourth-order valence-corrected chi connectivity index (χ4v) is 2.61. The Morgan fingerprint density at radius 1 is 1.35 bits per heavy atom. The molecule has 0 aliphatic heterocycles. The average molecular weight is 303 g/mol. The summed E-state index contributed by atoms with van der Waals surface area (Å²) in [4.78, 5) is 7.64.